The lowest BCUT2D eigenvalue weighted by molar-refractivity contribution is 0.102. The van der Waals surface area contributed by atoms with Crippen LogP contribution in [0.15, 0.2) is 59.3 Å². The summed E-state index contributed by atoms with van der Waals surface area (Å²) < 4.78 is 42.0. The summed E-state index contributed by atoms with van der Waals surface area (Å²) in [5, 5.41) is 6.47. The lowest BCUT2D eigenvalue weighted by Crippen LogP contribution is -2.13. The molecule has 0 aliphatic rings. The van der Waals surface area contributed by atoms with Gasteiger partial charge in [-0.05, 0) is 58.4 Å². The minimum absolute atomic E-state index is 0.000537. The van der Waals surface area contributed by atoms with E-state index in [1.54, 1.807) is 12.1 Å². The van der Waals surface area contributed by atoms with Crippen LogP contribution in [0.4, 0.5) is 19.0 Å². The van der Waals surface area contributed by atoms with E-state index in [9.17, 15) is 18.0 Å². The average molecular weight is 462 g/mol. The number of pyridine rings is 1. The van der Waals surface area contributed by atoms with Crippen LogP contribution in [0.1, 0.15) is 22.5 Å². The highest BCUT2D eigenvalue weighted by Gasteiger charge is 2.22. The van der Waals surface area contributed by atoms with Crippen molar-refractivity contribution < 1.29 is 18.0 Å². The van der Waals surface area contributed by atoms with E-state index in [2.05, 4.69) is 36.3 Å². The molecule has 1 amide bonds. The smallest absolute Gasteiger partial charge is 0.280 e. The molecule has 10 heteroatoms. The Bertz CT molecular complexity index is 1190. The highest BCUT2D eigenvalue weighted by molar-refractivity contribution is 9.10. The number of nitrogens with zero attached hydrogens (tertiary/aromatic N) is 4. The Morgan fingerprint density at radius 3 is 2.52 bits per heavy atom. The SMILES string of the molecule is O=C(Nc1ccc(Br)cn1)c1cnn2c(C(F)F)cc(-c3ccc(F)cc3)nc12. The Labute approximate surface area is 170 Å². The number of halogens is 4. The van der Waals surface area contributed by atoms with E-state index < -0.39 is 23.8 Å². The second kappa shape index (κ2) is 7.63. The molecule has 1 N–H and O–H groups in total. The fourth-order valence-corrected chi connectivity index (χ4v) is 2.94. The maximum Gasteiger partial charge on any atom is 0.280 e. The van der Waals surface area contributed by atoms with Crippen LogP contribution < -0.4 is 5.32 Å². The minimum atomic E-state index is -2.86. The molecule has 0 radical (unpaired) electrons. The zero-order valence-electron chi connectivity index (χ0n) is 14.5. The van der Waals surface area contributed by atoms with Crippen LogP contribution in [0, 0.1) is 5.82 Å². The van der Waals surface area contributed by atoms with Gasteiger partial charge in [0.25, 0.3) is 12.3 Å². The Balaban J connectivity index is 1.79. The van der Waals surface area contributed by atoms with Gasteiger partial charge < -0.3 is 5.32 Å². The topological polar surface area (TPSA) is 72.2 Å². The number of carbonyl (C=O) groups is 1. The van der Waals surface area contributed by atoms with Crippen molar-refractivity contribution in [3.05, 3.63) is 76.4 Å². The number of hydrogen-bond donors (Lipinski definition) is 1. The summed E-state index contributed by atoms with van der Waals surface area (Å²) in [7, 11) is 0. The van der Waals surface area contributed by atoms with Crippen molar-refractivity contribution in [3.63, 3.8) is 0 Å². The van der Waals surface area contributed by atoms with Crippen molar-refractivity contribution in [2.75, 3.05) is 5.32 Å². The minimum Gasteiger partial charge on any atom is -0.306 e. The van der Waals surface area contributed by atoms with Gasteiger partial charge in [0.15, 0.2) is 5.65 Å². The fourth-order valence-electron chi connectivity index (χ4n) is 2.70. The van der Waals surface area contributed by atoms with Crippen LogP contribution in [0.5, 0.6) is 0 Å². The van der Waals surface area contributed by atoms with E-state index in [1.165, 1.54) is 30.5 Å². The number of hydrogen-bond acceptors (Lipinski definition) is 4. The van der Waals surface area contributed by atoms with Gasteiger partial charge in [0.2, 0.25) is 0 Å². The summed E-state index contributed by atoms with van der Waals surface area (Å²) >= 11 is 3.25. The van der Waals surface area contributed by atoms with E-state index in [4.69, 9.17) is 0 Å². The Morgan fingerprint density at radius 2 is 1.86 bits per heavy atom. The first-order chi connectivity index (χ1) is 13.9. The zero-order valence-corrected chi connectivity index (χ0v) is 16.1. The van der Waals surface area contributed by atoms with Crippen LogP contribution in [0.3, 0.4) is 0 Å². The van der Waals surface area contributed by atoms with Gasteiger partial charge in [-0.25, -0.2) is 27.7 Å². The van der Waals surface area contributed by atoms with Crippen molar-refractivity contribution in [1.82, 2.24) is 19.6 Å². The number of carbonyl (C=O) groups excluding carboxylic acids is 1. The highest BCUT2D eigenvalue weighted by atomic mass is 79.9. The van der Waals surface area contributed by atoms with E-state index in [0.717, 1.165) is 21.3 Å². The van der Waals surface area contributed by atoms with Gasteiger partial charge in [-0.1, -0.05) is 0 Å². The molecule has 0 aliphatic heterocycles. The lowest BCUT2D eigenvalue weighted by Gasteiger charge is -2.09. The molecule has 4 aromatic rings. The molecule has 4 rings (SSSR count). The molecule has 0 atom stereocenters. The molecule has 1 aromatic carbocycles. The molecule has 3 heterocycles. The zero-order chi connectivity index (χ0) is 20.5. The highest BCUT2D eigenvalue weighted by Crippen LogP contribution is 2.27. The molecule has 0 saturated carbocycles. The van der Waals surface area contributed by atoms with Crippen LogP contribution in [0.25, 0.3) is 16.9 Å². The fraction of sp³-hybridized carbons (Fsp3) is 0.0526. The van der Waals surface area contributed by atoms with Crippen molar-refractivity contribution in [2.24, 2.45) is 0 Å². The Kier molecular flexibility index (Phi) is 5.01. The second-order valence-electron chi connectivity index (χ2n) is 5.98. The quantitative estimate of drug-likeness (QED) is 0.469. The van der Waals surface area contributed by atoms with Crippen LogP contribution >= 0.6 is 15.9 Å². The third-order valence-corrected chi connectivity index (χ3v) is 4.55. The number of fused-ring (bicyclic) bond motifs is 1. The number of amides is 1. The van der Waals surface area contributed by atoms with E-state index in [-0.39, 0.29) is 22.7 Å². The van der Waals surface area contributed by atoms with Gasteiger partial charge in [-0.3, -0.25) is 4.79 Å². The van der Waals surface area contributed by atoms with E-state index >= 15 is 0 Å². The van der Waals surface area contributed by atoms with Gasteiger partial charge >= 0.3 is 0 Å². The number of rotatable bonds is 4. The molecule has 0 bridgehead atoms. The molecule has 0 unspecified atom stereocenters. The van der Waals surface area contributed by atoms with Crippen molar-refractivity contribution in [1.29, 1.82) is 0 Å². The summed E-state index contributed by atoms with van der Waals surface area (Å²) in [6.45, 7) is 0. The summed E-state index contributed by atoms with van der Waals surface area (Å²) in [5.74, 6) is -0.782. The molecule has 146 valence electrons. The number of nitrogens with one attached hydrogen (secondary N) is 1. The van der Waals surface area contributed by atoms with Crippen molar-refractivity contribution in [3.8, 4) is 11.3 Å². The number of benzene rings is 1. The average Bonchev–Trinajstić information content (AvgIpc) is 3.13. The summed E-state index contributed by atoms with van der Waals surface area (Å²) in [4.78, 5) is 21.0. The molecule has 0 spiro atoms. The molecule has 0 saturated heterocycles. The maximum atomic E-state index is 13.6. The molecule has 3 aromatic heterocycles. The monoisotopic (exact) mass is 461 g/mol. The third-order valence-electron chi connectivity index (χ3n) is 4.08. The first-order valence-corrected chi connectivity index (χ1v) is 9.07. The molecular formula is C19H11BrF3N5O. The van der Waals surface area contributed by atoms with E-state index in [0.29, 0.717) is 5.56 Å². The number of aromatic nitrogens is 4. The standard InChI is InChI=1S/C19H11BrF3N5O/c20-11-3-6-16(24-8-11)27-19(29)13-9-25-28-15(17(22)23)7-14(26-18(13)28)10-1-4-12(21)5-2-10/h1-9,17H,(H,24,27,29). The van der Waals surface area contributed by atoms with Gasteiger partial charge in [0.1, 0.15) is 22.9 Å². The second-order valence-corrected chi connectivity index (χ2v) is 6.90. The maximum absolute atomic E-state index is 13.6. The molecule has 0 fully saturated rings. The number of anilines is 1. The predicted molar refractivity (Wildman–Crippen MR) is 103 cm³/mol. The Hall–Kier alpha value is -3.27. The third kappa shape index (κ3) is 3.83. The van der Waals surface area contributed by atoms with E-state index in [1.807, 2.05) is 0 Å². The van der Waals surface area contributed by atoms with Crippen LogP contribution in [0.2, 0.25) is 0 Å². The summed E-state index contributed by atoms with van der Waals surface area (Å²) in [5.41, 5.74) is 0.120. The predicted octanol–water partition coefficient (Wildman–Crippen LogP) is 4.88. The van der Waals surface area contributed by atoms with Crippen LogP contribution in [-0.4, -0.2) is 25.5 Å². The largest absolute Gasteiger partial charge is 0.306 e. The molecular weight excluding hydrogens is 451 g/mol. The van der Waals surface area contributed by atoms with Crippen molar-refractivity contribution >= 4 is 33.3 Å². The normalized spacial score (nSPS) is 11.2. The summed E-state index contributed by atoms with van der Waals surface area (Å²) in [6.07, 6.45) is -0.189. The van der Waals surface area contributed by atoms with Crippen LogP contribution in [-0.2, 0) is 0 Å². The van der Waals surface area contributed by atoms with Gasteiger partial charge in [0.05, 0.1) is 11.9 Å². The Morgan fingerprint density at radius 1 is 1.10 bits per heavy atom. The summed E-state index contributed by atoms with van der Waals surface area (Å²) in [6, 6.07) is 9.68. The van der Waals surface area contributed by atoms with Gasteiger partial charge in [-0.2, -0.15) is 5.10 Å². The first-order valence-electron chi connectivity index (χ1n) is 8.28. The number of alkyl halides is 2. The first kappa shape index (κ1) is 19.1. The molecule has 6 nitrogen and oxygen atoms in total. The molecule has 0 aliphatic carbocycles. The van der Waals surface area contributed by atoms with Gasteiger partial charge in [-0.15, -0.1) is 0 Å². The van der Waals surface area contributed by atoms with Gasteiger partial charge in [0, 0.05) is 16.2 Å². The molecule has 29 heavy (non-hydrogen) atoms. The van der Waals surface area contributed by atoms with Crippen molar-refractivity contribution in [2.45, 2.75) is 6.43 Å². The lowest BCUT2D eigenvalue weighted by atomic mass is 10.1.